The second-order valence-corrected chi connectivity index (χ2v) is 3.75. The average Bonchev–Trinajstić information content (AvgIpc) is 2.18. The van der Waals surface area contributed by atoms with E-state index < -0.39 is 0 Å². The van der Waals surface area contributed by atoms with Crippen LogP contribution in [0, 0.1) is 5.41 Å². The first-order chi connectivity index (χ1) is 5.76. The molecule has 0 unspecified atom stereocenters. The maximum Gasteiger partial charge on any atom is 0.0571 e. The van der Waals surface area contributed by atoms with E-state index in [2.05, 4.69) is 0 Å². The molecule has 1 aliphatic carbocycles. The molecule has 0 amide bonds. The summed E-state index contributed by atoms with van der Waals surface area (Å²) < 4.78 is 5.21. The standard InChI is InChI=1S/C9H18O3/c1-12-8-2-4-9(6-10,7-11)5-3-8/h8,10-11H,2-7H2,1H3. The lowest BCUT2D eigenvalue weighted by Crippen LogP contribution is -2.36. The smallest absolute Gasteiger partial charge is 0.0571 e. The van der Waals surface area contributed by atoms with Crippen molar-refractivity contribution in [2.45, 2.75) is 31.8 Å². The maximum atomic E-state index is 9.10. The van der Waals surface area contributed by atoms with Crippen LogP contribution in [0.15, 0.2) is 0 Å². The van der Waals surface area contributed by atoms with Crippen molar-refractivity contribution in [2.75, 3.05) is 20.3 Å². The molecule has 0 aromatic carbocycles. The molecule has 72 valence electrons. The summed E-state index contributed by atoms with van der Waals surface area (Å²) in [5, 5.41) is 18.2. The van der Waals surface area contributed by atoms with Gasteiger partial charge in [-0.15, -0.1) is 0 Å². The highest BCUT2D eigenvalue weighted by molar-refractivity contribution is 4.84. The van der Waals surface area contributed by atoms with Gasteiger partial charge in [-0.3, -0.25) is 0 Å². The van der Waals surface area contributed by atoms with Crippen LogP contribution < -0.4 is 0 Å². The molecule has 0 bridgehead atoms. The number of hydrogen-bond acceptors (Lipinski definition) is 3. The highest BCUT2D eigenvalue weighted by atomic mass is 16.5. The van der Waals surface area contributed by atoms with Gasteiger partial charge in [-0.2, -0.15) is 0 Å². The van der Waals surface area contributed by atoms with Crippen LogP contribution in [0.4, 0.5) is 0 Å². The summed E-state index contributed by atoms with van der Waals surface area (Å²) >= 11 is 0. The molecule has 1 saturated carbocycles. The molecule has 2 N–H and O–H groups in total. The van der Waals surface area contributed by atoms with Crippen molar-refractivity contribution in [3.63, 3.8) is 0 Å². The number of methoxy groups -OCH3 is 1. The van der Waals surface area contributed by atoms with Crippen molar-refractivity contribution < 1.29 is 14.9 Å². The van der Waals surface area contributed by atoms with Gasteiger partial charge in [0.05, 0.1) is 19.3 Å². The Kier molecular flexibility index (Phi) is 3.50. The van der Waals surface area contributed by atoms with Crippen LogP contribution in [-0.2, 0) is 4.74 Å². The number of rotatable bonds is 3. The van der Waals surface area contributed by atoms with Crippen LogP contribution in [0.3, 0.4) is 0 Å². The Morgan fingerprint density at radius 2 is 1.75 bits per heavy atom. The van der Waals surface area contributed by atoms with Gasteiger partial charge in [0.25, 0.3) is 0 Å². The second-order valence-electron chi connectivity index (χ2n) is 3.75. The summed E-state index contributed by atoms with van der Waals surface area (Å²) in [6.07, 6.45) is 3.99. The minimum absolute atomic E-state index is 0.0972. The molecule has 0 heterocycles. The third kappa shape index (κ3) is 1.97. The van der Waals surface area contributed by atoms with Crippen molar-refractivity contribution in [2.24, 2.45) is 5.41 Å². The van der Waals surface area contributed by atoms with Crippen LogP contribution in [0.2, 0.25) is 0 Å². The third-order valence-electron chi connectivity index (χ3n) is 3.00. The van der Waals surface area contributed by atoms with E-state index in [0.717, 1.165) is 25.7 Å². The number of ether oxygens (including phenoxy) is 1. The fourth-order valence-electron chi connectivity index (χ4n) is 1.81. The van der Waals surface area contributed by atoms with Gasteiger partial charge in [0.2, 0.25) is 0 Å². The molecule has 0 aromatic rings. The fourth-order valence-corrected chi connectivity index (χ4v) is 1.81. The Labute approximate surface area is 73.4 Å². The molecule has 0 aliphatic heterocycles. The van der Waals surface area contributed by atoms with Crippen LogP contribution in [0.5, 0.6) is 0 Å². The van der Waals surface area contributed by atoms with Gasteiger partial charge in [0.1, 0.15) is 0 Å². The van der Waals surface area contributed by atoms with E-state index in [-0.39, 0.29) is 18.6 Å². The van der Waals surface area contributed by atoms with Gasteiger partial charge >= 0.3 is 0 Å². The number of aliphatic hydroxyl groups is 2. The van der Waals surface area contributed by atoms with Gasteiger partial charge in [-0.05, 0) is 25.7 Å². The first-order valence-corrected chi connectivity index (χ1v) is 4.51. The van der Waals surface area contributed by atoms with Crippen molar-refractivity contribution in [1.82, 2.24) is 0 Å². The Morgan fingerprint density at radius 1 is 1.25 bits per heavy atom. The van der Waals surface area contributed by atoms with Crippen molar-refractivity contribution in [1.29, 1.82) is 0 Å². The summed E-state index contributed by atoms with van der Waals surface area (Å²) in [4.78, 5) is 0. The Balaban J connectivity index is 2.42. The van der Waals surface area contributed by atoms with Crippen LogP contribution in [0.25, 0.3) is 0 Å². The topological polar surface area (TPSA) is 49.7 Å². The van der Waals surface area contributed by atoms with Crippen LogP contribution in [0.1, 0.15) is 25.7 Å². The normalized spacial score (nSPS) is 24.2. The molecule has 0 saturated heterocycles. The van der Waals surface area contributed by atoms with E-state index >= 15 is 0 Å². The lowest BCUT2D eigenvalue weighted by molar-refractivity contribution is -0.0262. The Bertz CT molecular complexity index is 122. The quantitative estimate of drug-likeness (QED) is 0.656. The van der Waals surface area contributed by atoms with Crippen LogP contribution >= 0.6 is 0 Å². The number of hydrogen-bond donors (Lipinski definition) is 2. The summed E-state index contributed by atoms with van der Waals surface area (Å²) in [6, 6.07) is 0. The predicted molar refractivity (Wildman–Crippen MR) is 45.9 cm³/mol. The molecule has 0 spiro atoms. The molecular weight excluding hydrogens is 156 g/mol. The number of aliphatic hydroxyl groups excluding tert-OH is 2. The van der Waals surface area contributed by atoms with Gasteiger partial charge in [0.15, 0.2) is 0 Å². The first kappa shape index (κ1) is 9.96. The maximum absolute atomic E-state index is 9.10. The van der Waals surface area contributed by atoms with E-state index in [1.165, 1.54) is 0 Å². The zero-order valence-electron chi connectivity index (χ0n) is 7.62. The second kappa shape index (κ2) is 4.21. The van der Waals surface area contributed by atoms with Crippen LogP contribution in [-0.4, -0.2) is 36.6 Å². The largest absolute Gasteiger partial charge is 0.396 e. The van der Waals surface area contributed by atoms with Gasteiger partial charge in [-0.1, -0.05) is 0 Å². The first-order valence-electron chi connectivity index (χ1n) is 4.51. The van der Waals surface area contributed by atoms with E-state index in [4.69, 9.17) is 14.9 Å². The van der Waals surface area contributed by atoms with E-state index in [1.54, 1.807) is 7.11 Å². The zero-order chi connectivity index (χ0) is 9.03. The lowest BCUT2D eigenvalue weighted by Gasteiger charge is -2.36. The highest BCUT2D eigenvalue weighted by Crippen LogP contribution is 2.36. The fraction of sp³-hybridized carbons (Fsp3) is 1.00. The molecule has 1 rings (SSSR count). The molecule has 3 heteroatoms. The molecule has 1 fully saturated rings. The molecule has 1 aliphatic rings. The van der Waals surface area contributed by atoms with Gasteiger partial charge in [-0.25, -0.2) is 0 Å². The zero-order valence-corrected chi connectivity index (χ0v) is 7.62. The molecule has 0 radical (unpaired) electrons. The van der Waals surface area contributed by atoms with E-state index in [9.17, 15) is 0 Å². The Morgan fingerprint density at radius 3 is 2.08 bits per heavy atom. The molecule has 12 heavy (non-hydrogen) atoms. The molecule has 0 aromatic heterocycles. The predicted octanol–water partition coefficient (Wildman–Crippen LogP) is 0.546. The molecule has 0 atom stereocenters. The molecule has 3 nitrogen and oxygen atoms in total. The highest BCUT2D eigenvalue weighted by Gasteiger charge is 2.34. The molecular formula is C9H18O3. The summed E-state index contributed by atoms with van der Waals surface area (Å²) in [5.41, 5.74) is -0.227. The minimum Gasteiger partial charge on any atom is -0.396 e. The van der Waals surface area contributed by atoms with Gasteiger partial charge < -0.3 is 14.9 Å². The monoisotopic (exact) mass is 174 g/mol. The minimum atomic E-state index is -0.227. The third-order valence-corrected chi connectivity index (χ3v) is 3.00. The van der Waals surface area contributed by atoms with E-state index in [1.807, 2.05) is 0 Å². The summed E-state index contributed by atoms with van der Waals surface area (Å²) in [7, 11) is 1.72. The SMILES string of the molecule is COC1CCC(CO)(CO)CC1. The van der Waals surface area contributed by atoms with Crippen molar-refractivity contribution >= 4 is 0 Å². The average molecular weight is 174 g/mol. The van der Waals surface area contributed by atoms with Crippen molar-refractivity contribution in [3.8, 4) is 0 Å². The van der Waals surface area contributed by atoms with E-state index in [0.29, 0.717) is 6.10 Å². The summed E-state index contributed by atoms with van der Waals surface area (Å²) in [6.45, 7) is 0.194. The van der Waals surface area contributed by atoms with Gasteiger partial charge in [0, 0.05) is 12.5 Å². The summed E-state index contributed by atoms with van der Waals surface area (Å²) in [5.74, 6) is 0. The Hall–Kier alpha value is -0.120. The van der Waals surface area contributed by atoms with Crippen molar-refractivity contribution in [3.05, 3.63) is 0 Å². The lowest BCUT2D eigenvalue weighted by atomic mass is 9.74.